The van der Waals surface area contributed by atoms with Gasteiger partial charge >= 0.3 is 0 Å². The predicted octanol–water partition coefficient (Wildman–Crippen LogP) is 1.73. The number of amides is 1. The molecular formula is C13H11NO4S. The summed E-state index contributed by atoms with van der Waals surface area (Å²) in [4.78, 5) is 11.3. The molecule has 19 heavy (non-hydrogen) atoms. The standard InChI is InChI=1S/C13H11NO4S/c1-17-9-5-6-10(15)8(7-9)3-2-4-11-12(16)14-13(19)18-11/h2-7,15H,1H3,(H,14,16,19). The molecule has 0 spiro atoms. The van der Waals surface area contributed by atoms with Crippen molar-refractivity contribution in [3.63, 3.8) is 0 Å². The number of hydrogen-bond donors (Lipinski definition) is 2. The molecular weight excluding hydrogens is 266 g/mol. The van der Waals surface area contributed by atoms with Gasteiger partial charge in [0, 0.05) is 5.56 Å². The van der Waals surface area contributed by atoms with Gasteiger partial charge in [0.15, 0.2) is 5.76 Å². The van der Waals surface area contributed by atoms with Crippen molar-refractivity contribution in [2.45, 2.75) is 0 Å². The molecule has 1 aromatic rings. The number of allylic oxidation sites excluding steroid dienone is 2. The Morgan fingerprint density at radius 1 is 1.47 bits per heavy atom. The summed E-state index contributed by atoms with van der Waals surface area (Å²) in [5.74, 6) is 0.469. The van der Waals surface area contributed by atoms with E-state index < -0.39 is 0 Å². The van der Waals surface area contributed by atoms with Gasteiger partial charge in [0.05, 0.1) is 7.11 Å². The van der Waals surface area contributed by atoms with Crippen LogP contribution in [0.2, 0.25) is 0 Å². The second kappa shape index (κ2) is 5.53. The number of phenols is 1. The lowest BCUT2D eigenvalue weighted by atomic mass is 10.1. The number of carbonyl (C=O) groups excluding carboxylic acids is 1. The molecule has 1 heterocycles. The normalized spacial score (nSPS) is 16.8. The highest BCUT2D eigenvalue weighted by Crippen LogP contribution is 2.24. The van der Waals surface area contributed by atoms with Crippen molar-refractivity contribution < 1.29 is 19.4 Å². The Balaban J connectivity index is 2.17. The highest BCUT2D eigenvalue weighted by Gasteiger charge is 2.21. The van der Waals surface area contributed by atoms with Crippen LogP contribution < -0.4 is 10.1 Å². The van der Waals surface area contributed by atoms with Crippen LogP contribution in [0.1, 0.15) is 5.56 Å². The quantitative estimate of drug-likeness (QED) is 0.650. The van der Waals surface area contributed by atoms with Crippen molar-refractivity contribution >= 4 is 29.4 Å². The maximum absolute atomic E-state index is 11.3. The van der Waals surface area contributed by atoms with E-state index >= 15 is 0 Å². The number of hydrogen-bond acceptors (Lipinski definition) is 5. The monoisotopic (exact) mass is 277 g/mol. The fourth-order valence-electron chi connectivity index (χ4n) is 1.47. The molecule has 1 fully saturated rings. The lowest BCUT2D eigenvalue weighted by Gasteiger charge is -2.02. The maximum Gasteiger partial charge on any atom is 0.294 e. The predicted molar refractivity (Wildman–Crippen MR) is 73.6 cm³/mol. The van der Waals surface area contributed by atoms with Crippen LogP contribution in [0, 0.1) is 0 Å². The molecule has 5 nitrogen and oxygen atoms in total. The lowest BCUT2D eigenvalue weighted by molar-refractivity contribution is -0.116. The highest BCUT2D eigenvalue weighted by atomic mass is 32.1. The summed E-state index contributed by atoms with van der Waals surface area (Å²) in [5.41, 5.74) is 0.567. The molecule has 2 N–H and O–H groups in total. The molecule has 6 heteroatoms. The van der Waals surface area contributed by atoms with Gasteiger partial charge in [-0.25, -0.2) is 0 Å². The first kappa shape index (κ1) is 13.1. The maximum atomic E-state index is 11.3. The van der Waals surface area contributed by atoms with E-state index in [-0.39, 0.29) is 22.6 Å². The number of carbonyl (C=O) groups is 1. The zero-order valence-electron chi connectivity index (χ0n) is 10.0. The molecule has 1 aliphatic rings. The number of thiocarbonyl (C=S) groups is 1. The Morgan fingerprint density at radius 2 is 2.26 bits per heavy atom. The molecule has 0 aliphatic carbocycles. The SMILES string of the molecule is COc1ccc(O)c(C=CC=C2OC(=S)NC2=O)c1. The summed E-state index contributed by atoms with van der Waals surface area (Å²) < 4.78 is 10.0. The van der Waals surface area contributed by atoms with Gasteiger partial charge in [-0.3, -0.25) is 10.1 Å². The fraction of sp³-hybridized carbons (Fsp3) is 0.0769. The Hall–Kier alpha value is -2.34. The van der Waals surface area contributed by atoms with Crippen molar-refractivity contribution in [2.75, 3.05) is 7.11 Å². The van der Waals surface area contributed by atoms with E-state index in [1.807, 2.05) is 0 Å². The number of rotatable bonds is 3. The van der Waals surface area contributed by atoms with Gasteiger partial charge in [0.2, 0.25) is 0 Å². The molecule has 1 saturated heterocycles. The van der Waals surface area contributed by atoms with Crippen molar-refractivity contribution in [1.29, 1.82) is 0 Å². The zero-order chi connectivity index (χ0) is 13.8. The Labute approximate surface area is 115 Å². The number of nitrogens with one attached hydrogen (secondary N) is 1. The minimum atomic E-state index is -0.385. The number of ether oxygens (including phenoxy) is 2. The van der Waals surface area contributed by atoms with Gasteiger partial charge in [-0.1, -0.05) is 12.2 Å². The summed E-state index contributed by atoms with van der Waals surface area (Å²) in [5, 5.41) is 12.0. The first-order valence-electron chi connectivity index (χ1n) is 5.38. The first-order valence-corrected chi connectivity index (χ1v) is 5.79. The van der Waals surface area contributed by atoms with Crippen LogP contribution in [0.15, 0.2) is 36.1 Å². The summed E-state index contributed by atoms with van der Waals surface area (Å²) in [6.45, 7) is 0. The molecule has 1 aromatic carbocycles. The van der Waals surface area contributed by atoms with Gasteiger partial charge in [0.25, 0.3) is 11.1 Å². The van der Waals surface area contributed by atoms with E-state index in [1.54, 1.807) is 31.4 Å². The summed E-state index contributed by atoms with van der Waals surface area (Å²) >= 11 is 4.70. The molecule has 98 valence electrons. The molecule has 0 saturated carbocycles. The van der Waals surface area contributed by atoms with Gasteiger partial charge in [-0.2, -0.15) is 0 Å². The summed E-state index contributed by atoms with van der Waals surface area (Å²) in [7, 11) is 1.54. The fourth-order valence-corrected chi connectivity index (χ4v) is 1.65. The van der Waals surface area contributed by atoms with E-state index in [1.165, 1.54) is 12.1 Å². The summed E-state index contributed by atoms with van der Waals surface area (Å²) in [6, 6.07) is 4.85. The van der Waals surface area contributed by atoms with E-state index in [9.17, 15) is 9.90 Å². The smallest absolute Gasteiger partial charge is 0.294 e. The highest BCUT2D eigenvalue weighted by molar-refractivity contribution is 7.80. The number of aromatic hydroxyl groups is 1. The third-order valence-corrected chi connectivity index (χ3v) is 2.59. The van der Waals surface area contributed by atoms with Crippen molar-refractivity contribution in [1.82, 2.24) is 5.32 Å². The average Bonchev–Trinajstić information content (AvgIpc) is 2.70. The first-order chi connectivity index (χ1) is 9.10. The van der Waals surface area contributed by atoms with Crippen LogP contribution >= 0.6 is 12.2 Å². The second-order valence-electron chi connectivity index (χ2n) is 3.66. The van der Waals surface area contributed by atoms with Crippen LogP contribution in [0.4, 0.5) is 0 Å². The minimum absolute atomic E-state index is 0.0360. The Kier molecular flexibility index (Phi) is 3.82. The summed E-state index contributed by atoms with van der Waals surface area (Å²) in [6.07, 6.45) is 4.67. The Bertz CT molecular complexity index is 592. The van der Waals surface area contributed by atoms with Crippen molar-refractivity contribution in [3.8, 4) is 11.5 Å². The minimum Gasteiger partial charge on any atom is -0.507 e. The molecule has 1 aliphatic heterocycles. The van der Waals surface area contributed by atoms with Crippen LogP contribution in [0.5, 0.6) is 11.5 Å². The van der Waals surface area contributed by atoms with E-state index in [0.717, 1.165) is 0 Å². The van der Waals surface area contributed by atoms with Gasteiger partial charge in [-0.15, -0.1) is 0 Å². The largest absolute Gasteiger partial charge is 0.507 e. The van der Waals surface area contributed by atoms with Crippen LogP contribution in [0.3, 0.4) is 0 Å². The average molecular weight is 277 g/mol. The number of phenolic OH excluding ortho intramolecular Hbond substituents is 1. The zero-order valence-corrected chi connectivity index (χ0v) is 10.9. The second-order valence-corrected chi connectivity index (χ2v) is 4.03. The molecule has 0 radical (unpaired) electrons. The molecule has 2 rings (SSSR count). The third-order valence-electron chi connectivity index (χ3n) is 2.40. The van der Waals surface area contributed by atoms with E-state index in [4.69, 9.17) is 21.7 Å². The van der Waals surface area contributed by atoms with E-state index in [2.05, 4.69) is 5.32 Å². The van der Waals surface area contributed by atoms with Crippen molar-refractivity contribution in [3.05, 3.63) is 41.7 Å². The lowest BCUT2D eigenvalue weighted by Crippen LogP contribution is -2.18. The van der Waals surface area contributed by atoms with Crippen LogP contribution in [-0.4, -0.2) is 23.3 Å². The van der Waals surface area contributed by atoms with Crippen molar-refractivity contribution in [2.24, 2.45) is 0 Å². The van der Waals surface area contributed by atoms with E-state index in [0.29, 0.717) is 11.3 Å². The Morgan fingerprint density at radius 3 is 2.89 bits per heavy atom. The molecule has 0 unspecified atom stereocenters. The molecule has 0 aromatic heterocycles. The number of benzene rings is 1. The third kappa shape index (κ3) is 3.11. The topological polar surface area (TPSA) is 67.8 Å². The molecule has 0 atom stereocenters. The molecule has 0 bridgehead atoms. The number of methoxy groups -OCH3 is 1. The van der Waals surface area contributed by atoms with Crippen LogP contribution in [0.25, 0.3) is 6.08 Å². The van der Waals surface area contributed by atoms with Crippen LogP contribution in [-0.2, 0) is 9.53 Å². The molecule has 1 amide bonds. The van der Waals surface area contributed by atoms with Gasteiger partial charge in [0.1, 0.15) is 11.5 Å². The van der Waals surface area contributed by atoms with Gasteiger partial charge < -0.3 is 14.6 Å². The van der Waals surface area contributed by atoms with Gasteiger partial charge in [-0.05, 0) is 36.5 Å².